The van der Waals surface area contributed by atoms with E-state index in [1.165, 1.54) is 73.0 Å². The van der Waals surface area contributed by atoms with E-state index < -0.39 is 0 Å². The molecule has 1 aromatic heterocycles. The first-order valence-electron chi connectivity index (χ1n) is 11.1. The van der Waals surface area contributed by atoms with Gasteiger partial charge in [-0.05, 0) is 68.9 Å². The molecule has 5 nitrogen and oxygen atoms in total. The van der Waals surface area contributed by atoms with Crippen LogP contribution < -0.4 is 10.9 Å². The number of thioether (sulfide) groups is 1. The third kappa shape index (κ3) is 6.21. The summed E-state index contributed by atoms with van der Waals surface area (Å²) in [6.07, 6.45) is 8.96. The smallest absolute Gasteiger partial charge is 0.271 e. The average Bonchev–Trinajstić information content (AvgIpc) is 2.70. The van der Waals surface area contributed by atoms with Crippen LogP contribution in [-0.2, 0) is 4.79 Å². The Morgan fingerprint density at radius 3 is 2.50 bits per heavy atom. The van der Waals surface area contributed by atoms with Gasteiger partial charge in [-0.15, -0.1) is 0 Å². The Hall–Kier alpha value is -2.08. The minimum Gasteiger partial charge on any atom is -0.355 e. The molecule has 0 aliphatic heterocycles. The van der Waals surface area contributed by atoms with Crippen molar-refractivity contribution in [3.05, 3.63) is 51.8 Å². The lowest BCUT2D eigenvalue weighted by Gasteiger charge is -2.21. The monoisotopic (exact) mass is 427 g/mol. The van der Waals surface area contributed by atoms with Crippen LogP contribution in [0.4, 0.5) is 0 Å². The maximum atomic E-state index is 12.6. The van der Waals surface area contributed by atoms with Gasteiger partial charge in [0.25, 0.3) is 5.56 Å². The third-order valence-corrected chi connectivity index (χ3v) is 6.99. The van der Waals surface area contributed by atoms with Crippen LogP contribution in [0.15, 0.2) is 40.2 Å². The SMILES string of the molecule is Cc1ccc(-n2nc(SC(C)C(=O)NCC3CCCCCCC3)ccc2=O)cc1C. The van der Waals surface area contributed by atoms with E-state index in [9.17, 15) is 9.59 Å². The van der Waals surface area contributed by atoms with E-state index in [4.69, 9.17) is 0 Å². The lowest BCUT2D eigenvalue weighted by Crippen LogP contribution is -2.35. The zero-order valence-corrected chi connectivity index (χ0v) is 19.1. The minimum absolute atomic E-state index is 0.0350. The molecule has 0 spiro atoms. The van der Waals surface area contributed by atoms with Crippen LogP contribution in [0.5, 0.6) is 0 Å². The fourth-order valence-electron chi connectivity index (χ4n) is 3.87. The van der Waals surface area contributed by atoms with Gasteiger partial charge in [-0.2, -0.15) is 9.78 Å². The summed E-state index contributed by atoms with van der Waals surface area (Å²) in [6, 6.07) is 9.07. The topological polar surface area (TPSA) is 64.0 Å². The Bertz CT molecular complexity index is 917. The molecule has 1 fully saturated rings. The first-order chi connectivity index (χ1) is 14.4. The number of hydrogen-bond donors (Lipinski definition) is 1. The normalized spacial score (nSPS) is 16.5. The predicted octanol–water partition coefficient (Wildman–Crippen LogP) is 4.81. The lowest BCUT2D eigenvalue weighted by molar-refractivity contribution is -0.120. The molecule has 3 rings (SSSR count). The van der Waals surface area contributed by atoms with Gasteiger partial charge >= 0.3 is 0 Å². The quantitative estimate of drug-likeness (QED) is 0.672. The Morgan fingerprint density at radius 1 is 1.10 bits per heavy atom. The first-order valence-corrected chi connectivity index (χ1v) is 11.9. The number of nitrogens with zero attached hydrogens (tertiary/aromatic N) is 2. The molecule has 1 atom stereocenters. The largest absolute Gasteiger partial charge is 0.355 e. The molecule has 1 amide bonds. The number of carbonyl (C=O) groups is 1. The van der Waals surface area contributed by atoms with Gasteiger partial charge < -0.3 is 5.32 Å². The van der Waals surface area contributed by atoms with Gasteiger partial charge in [0.1, 0.15) is 5.03 Å². The van der Waals surface area contributed by atoms with Crippen LogP contribution >= 0.6 is 11.8 Å². The van der Waals surface area contributed by atoms with Crippen molar-refractivity contribution in [1.29, 1.82) is 0 Å². The average molecular weight is 428 g/mol. The third-order valence-electron chi connectivity index (χ3n) is 5.97. The number of benzene rings is 1. The van der Waals surface area contributed by atoms with Gasteiger partial charge in [0.15, 0.2) is 0 Å². The van der Waals surface area contributed by atoms with Gasteiger partial charge in [0.2, 0.25) is 5.91 Å². The number of amides is 1. The molecular weight excluding hydrogens is 394 g/mol. The predicted molar refractivity (Wildman–Crippen MR) is 123 cm³/mol. The Morgan fingerprint density at radius 2 is 1.80 bits per heavy atom. The molecule has 6 heteroatoms. The Kier molecular flexibility index (Phi) is 8.14. The fourth-order valence-corrected chi connectivity index (χ4v) is 4.70. The highest BCUT2D eigenvalue weighted by Gasteiger charge is 2.18. The molecule has 2 aromatic rings. The molecule has 1 heterocycles. The molecule has 0 bridgehead atoms. The van der Waals surface area contributed by atoms with Crippen LogP contribution in [0.2, 0.25) is 0 Å². The van der Waals surface area contributed by atoms with Crippen molar-refractivity contribution >= 4 is 17.7 Å². The maximum Gasteiger partial charge on any atom is 0.271 e. The van der Waals surface area contributed by atoms with E-state index >= 15 is 0 Å². The number of rotatable bonds is 6. The molecule has 0 radical (unpaired) electrons. The summed E-state index contributed by atoms with van der Waals surface area (Å²) in [5, 5.41) is 8.03. The molecule has 1 unspecified atom stereocenters. The van der Waals surface area contributed by atoms with Crippen LogP contribution in [0.25, 0.3) is 5.69 Å². The summed E-state index contributed by atoms with van der Waals surface area (Å²) in [4.78, 5) is 24.9. The van der Waals surface area contributed by atoms with Gasteiger partial charge in [0.05, 0.1) is 10.9 Å². The van der Waals surface area contributed by atoms with E-state index in [2.05, 4.69) is 10.4 Å². The highest BCUT2D eigenvalue weighted by atomic mass is 32.2. The summed E-state index contributed by atoms with van der Waals surface area (Å²) in [7, 11) is 0. The van der Waals surface area contributed by atoms with E-state index in [1.54, 1.807) is 6.07 Å². The van der Waals surface area contributed by atoms with Gasteiger partial charge in [-0.25, -0.2) is 0 Å². The van der Waals surface area contributed by atoms with Crippen molar-refractivity contribution in [2.24, 2.45) is 5.92 Å². The van der Waals surface area contributed by atoms with Crippen molar-refractivity contribution in [2.75, 3.05) is 6.54 Å². The zero-order chi connectivity index (χ0) is 21.5. The van der Waals surface area contributed by atoms with Gasteiger partial charge in [0, 0.05) is 12.6 Å². The van der Waals surface area contributed by atoms with E-state index in [-0.39, 0.29) is 16.7 Å². The minimum atomic E-state index is -0.267. The second-order valence-corrected chi connectivity index (χ2v) is 9.77. The highest BCUT2D eigenvalue weighted by Crippen LogP contribution is 2.23. The zero-order valence-electron chi connectivity index (χ0n) is 18.3. The second-order valence-electron chi connectivity index (χ2n) is 8.41. The fraction of sp³-hybridized carbons (Fsp3) is 0.542. The molecule has 1 aliphatic rings. The summed E-state index contributed by atoms with van der Waals surface area (Å²) >= 11 is 1.39. The van der Waals surface area contributed by atoms with Crippen molar-refractivity contribution in [1.82, 2.24) is 15.1 Å². The molecule has 162 valence electrons. The van der Waals surface area contributed by atoms with Crippen LogP contribution in [-0.4, -0.2) is 27.5 Å². The molecule has 0 saturated heterocycles. The van der Waals surface area contributed by atoms with Crippen molar-refractivity contribution in [3.8, 4) is 5.69 Å². The number of aryl methyl sites for hydroxylation is 2. The number of aromatic nitrogens is 2. The van der Waals surface area contributed by atoms with Crippen LogP contribution in [0.3, 0.4) is 0 Å². The molecule has 1 saturated carbocycles. The molecule has 30 heavy (non-hydrogen) atoms. The number of hydrogen-bond acceptors (Lipinski definition) is 4. The number of nitrogens with one attached hydrogen (secondary N) is 1. The summed E-state index contributed by atoms with van der Waals surface area (Å²) < 4.78 is 1.41. The summed E-state index contributed by atoms with van der Waals surface area (Å²) in [5.41, 5.74) is 2.85. The Labute approximate surface area is 183 Å². The van der Waals surface area contributed by atoms with E-state index in [0.29, 0.717) is 10.9 Å². The highest BCUT2D eigenvalue weighted by molar-refractivity contribution is 8.00. The molecule has 1 N–H and O–H groups in total. The van der Waals surface area contributed by atoms with E-state index in [1.807, 2.05) is 39.0 Å². The lowest BCUT2D eigenvalue weighted by atomic mass is 9.91. The molecule has 1 aromatic carbocycles. The van der Waals surface area contributed by atoms with Gasteiger partial charge in [-0.1, -0.05) is 49.9 Å². The summed E-state index contributed by atoms with van der Waals surface area (Å²) in [6.45, 7) is 6.72. The first kappa shape index (κ1) is 22.6. The summed E-state index contributed by atoms with van der Waals surface area (Å²) in [5.74, 6) is 0.629. The second kappa shape index (κ2) is 10.8. The van der Waals surface area contributed by atoms with Crippen LogP contribution in [0, 0.1) is 19.8 Å². The standard InChI is InChI=1S/C24H33N3O2S/c1-17-11-12-21(15-18(17)2)27-23(28)14-13-22(26-27)30-19(3)24(29)25-16-20-9-7-5-4-6-8-10-20/h11-15,19-20H,4-10,16H2,1-3H3,(H,25,29). The van der Waals surface area contributed by atoms with E-state index in [0.717, 1.165) is 17.8 Å². The van der Waals surface area contributed by atoms with Crippen molar-refractivity contribution in [3.63, 3.8) is 0 Å². The van der Waals surface area contributed by atoms with Gasteiger partial charge in [-0.3, -0.25) is 9.59 Å². The molecular formula is C24H33N3O2S. The van der Waals surface area contributed by atoms with Crippen molar-refractivity contribution < 1.29 is 4.79 Å². The Balaban J connectivity index is 1.61. The molecule has 1 aliphatic carbocycles. The van der Waals surface area contributed by atoms with Crippen molar-refractivity contribution in [2.45, 2.75) is 76.0 Å². The van der Waals surface area contributed by atoms with Crippen LogP contribution in [0.1, 0.15) is 63.0 Å². The maximum absolute atomic E-state index is 12.6. The number of carbonyl (C=O) groups excluding carboxylic acids is 1.